The van der Waals surface area contributed by atoms with Gasteiger partial charge in [0.25, 0.3) is 0 Å². The van der Waals surface area contributed by atoms with Crippen LogP contribution in [0.25, 0.3) is 0 Å². The molecule has 4 heteroatoms. The van der Waals surface area contributed by atoms with Crippen LogP contribution >= 0.6 is 11.6 Å². The Morgan fingerprint density at radius 3 is 2.75 bits per heavy atom. The van der Waals surface area contributed by atoms with Crippen molar-refractivity contribution in [2.24, 2.45) is 0 Å². The van der Waals surface area contributed by atoms with Crippen LogP contribution in [0.3, 0.4) is 0 Å². The highest BCUT2D eigenvalue weighted by molar-refractivity contribution is 6.29. The van der Waals surface area contributed by atoms with Crippen molar-refractivity contribution in [2.75, 3.05) is 5.32 Å². The molecule has 0 saturated carbocycles. The molecular formula is C12H13ClN2O. The largest absolute Gasteiger partial charge is 0.464 e. The van der Waals surface area contributed by atoms with Gasteiger partial charge in [0.05, 0.1) is 6.54 Å². The summed E-state index contributed by atoms with van der Waals surface area (Å²) in [7, 11) is 0. The molecule has 2 aromatic rings. The quantitative estimate of drug-likeness (QED) is 0.826. The van der Waals surface area contributed by atoms with Crippen molar-refractivity contribution in [1.82, 2.24) is 4.98 Å². The van der Waals surface area contributed by atoms with E-state index in [9.17, 15) is 0 Å². The number of aryl methyl sites for hydroxylation is 1. The van der Waals surface area contributed by atoms with Crippen LogP contribution in [-0.4, -0.2) is 4.98 Å². The van der Waals surface area contributed by atoms with E-state index in [-0.39, 0.29) is 0 Å². The van der Waals surface area contributed by atoms with E-state index in [0.29, 0.717) is 11.7 Å². The van der Waals surface area contributed by atoms with Crippen molar-refractivity contribution in [3.63, 3.8) is 0 Å². The van der Waals surface area contributed by atoms with Crippen molar-refractivity contribution in [3.05, 3.63) is 47.0 Å². The first-order valence-electron chi connectivity index (χ1n) is 5.22. The Hall–Kier alpha value is -1.48. The van der Waals surface area contributed by atoms with E-state index in [0.717, 1.165) is 23.8 Å². The van der Waals surface area contributed by atoms with Crippen LogP contribution in [0.15, 0.2) is 34.7 Å². The van der Waals surface area contributed by atoms with Gasteiger partial charge in [-0.2, -0.15) is 0 Å². The number of halogens is 1. The van der Waals surface area contributed by atoms with Gasteiger partial charge in [-0.25, -0.2) is 4.98 Å². The van der Waals surface area contributed by atoms with Crippen LogP contribution in [0.5, 0.6) is 0 Å². The number of nitrogens with one attached hydrogen (secondary N) is 1. The van der Waals surface area contributed by atoms with Gasteiger partial charge in [0, 0.05) is 6.42 Å². The van der Waals surface area contributed by atoms with Crippen molar-refractivity contribution in [2.45, 2.75) is 19.9 Å². The topological polar surface area (TPSA) is 38.1 Å². The summed E-state index contributed by atoms with van der Waals surface area (Å²) >= 11 is 5.78. The summed E-state index contributed by atoms with van der Waals surface area (Å²) in [5.74, 6) is 2.65. The lowest BCUT2D eigenvalue weighted by molar-refractivity contribution is 0.476. The van der Waals surface area contributed by atoms with Crippen LogP contribution in [0, 0.1) is 0 Å². The Morgan fingerprint density at radius 2 is 2.06 bits per heavy atom. The minimum absolute atomic E-state index is 0.485. The number of anilines is 1. The van der Waals surface area contributed by atoms with Gasteiger partial charge in [-0.3, -0.25) is 0 Å². The summed E-state index contributed by atoms with van der Waals surface area (Å²) in [6, 6.07) is 9.43. The van der Waals surface area contributed by atoms with Gasteiger partial charge >= 0.3 is 0 Å². The van der Waals surface area contributed by atoms with Gasteiger partial charge in [-0.15, -0.1) is 0 Å². The number of furan rings is 1. The molecule has 16 heavy (non-hydrogen) atoms. The number of pyridine rings is 1. The molecule has 0 saturated heterocycles. The fraction of sp³-hybridized carbons (Fsp3) is 0.250. The molecule has 3 nitrogen and oxygen atoms in total. The molecule has 1 N–H and O–H groups in total. The highest BCUT2D eigenvalue weighted by atomic mass is 35.5. The number of aromatic nitrogens is 1. The van der Waals surface area contributed by atoms with Crippen LogP contribution in [0.1, 0.15) is 18.4 Å². The lowest BCUT2D eigenvalue weighted by atomic mass is 10.3. The standard InChI is InChI=1S/C12H13ClN2O/c1-2-9-6-7-10(16-9)8-14-12-5-3-4-11(13)15-12/h3-7H,2,8H2,1H3,(H,14,15). The first-order chi connectivity index (χ1) is 7.78. The van der Waals surface area contributed by atoms with Crippen molar-refractivity contribution < 1.29 is 4.42 Å². The van der Waals surface area contributed by atoms with E-state index in [2.05, 4.69) is 17.2 Å². The van der Waals surface area contributed by atoms with E-state index < -0.39 is 0 Å². The number of hydrogen-bond donors (Lipinski definition) is 1. The molecule has 2 rings (SSSR count). The molecule has 2 aromatic heterocycles. The molecule has 0 bridgehead atoms. The minimum atomic E-state index is 0.485. The fourth-order valence-electron chi connectivity index (χ4n) is 1.39. The molecule has 0 atom stereocenters. The molecule has 0 aliphatic carbocycles. The van der Waals surface area contributed by atoms with Gasteiger partial charge in [-0.05, 0) is 24.3 Å². The normalized spacial score (nSPS) is 10.4. The SMILES string of the molecule is CCc1ccc(CNc2cccc(Cl)n2)o1. The van der Waals surface area contributed by atoms with Crippen molar-refractivity contribution in [3.8, 4) is 0 Å². The molecule has 0 spiro atoms. The van der Waals surface area contributed by atoms with Gasteiger partial charge in [0.15, 0.2) is 0 Å². The van der Waals surface area contributed by atoms with E-state index in [4.69, 9.17) is 16.0 Å². The zero-order valence-corrected chi connectivity index (χ0v) is 9.79. The molecule has 0 aliphatic rings. The van der Waals surface area contributed by atoms with Crippen molar-refractivity contribution >= 4 is 17.4 Å². The second kappa shape index (κ2) is 5.03. The molecule has 0 aliphatic heterocycles. The molecule has 0 radical (unpaired) electrons. The summed E-state index contributed by atoms with van der Waals surface area (Å²) < 4.78 is 5.56. The maximum atomic E-state index is 5.78. The smallest absolute Gasteiger partial charge is 0.131 e. The maximum Gasteiger partial charge on any atom is 0.131 e. The molecule has 2 heterocycles. The third kappa shape index (κ3) is 2.76. The molecule has 0 amide bonds. The molecule has 84 valence electrons. The zero-order chi connectivity index (χ0) is 11.4. The average molecular weight is 237 g/mol. The number of rotatable bonds is 4. The van der Waals surface area contributed by atoms with Crippen LogP contribution in [0.4, 0.5) is 5.82 Å². The molecular weight excluding hydrogens is 224 g/mol. The Morgan fingerprint density at radius 1 is 1.25 bits per heavy atom. The van der Waals surface area contributed by atoms with Crippen LogP contribution in [0.2, 0.25) is 5.15 Å². The Balaban J connectivity index is 1.96. The maximum absolute atomic E-state index is 5.78. The third-order valence-corrected chi connectivity index (χ3v) is 2.44. The van der Waals surface area contributed by atoms with Gasteiger partial charge < -0.3 is 9.73 Å². The Kier molecular flexibility index (Phi) is 3.47. The summed E-state index contributed by atoms with van der Waals surface area (Å²) in [5, 5.41) is 3.63. The Labute approximate surface area is 99.5 Å². The highest BCUT2D eigenvalue weighted by Gasteiger charge is 2.01. The predicted octanol–water partition coefficient (Wildman–Crippen LogP) is 3.50. The minimum Gasteiger partial charge on any atom is -0.464 e. The van der Waals surface area contributed by atoms with Crippen LogP contribution in [-0.2, 0) is 13.0 Å². The second-order valence-electron chi connectivity index (χ2n) is 3.42. The van der Waals surface area contributed by atoms with Crippen LogP contribution < -0.4 is 5.32 Å². The average Bonchev–Trinajstić information content (AvgIpc) is 2.74. The third-order valence-electron chi connectivity index (χ3n) is 2.22. The van der Waals surface area contributed by atoms with E-state index in [1.54, 1.807) is 6.07 Å². The molecule has 0 fully saturated rings. The summed E-state index contributed by atoms with van der Waals surface area (Å²) in [5.41, 5.74) is 0. The van der Waals surface area contributed by atoms with E-state index >= 15 is 0 Å². The second-order valence-corrected chi connectivity index (χ2v) is 3.81. The molecule has 0 unspecified atom stereocenters. The lowest BCUT2D eigenvalue weighted by Gasteiger charge is -2.03. The van der Waals surface area contributed by atoms with E-state index in [1.165, 1.54) is 0 Å². The van der Waals surface area contributed by atoms with Gasteiger partial charge in [-0.1, -0.05) is 24.6 Å². The van der Waals surface area contributed by atoms with Gasteiger partial charge in [0.1, 0.15) is 22.5 Å². The van der Waals surface area contributed by atoms with Gasteiger partial charge in [0.2, 0.25) is 0 Å². The molecule has 0 aromatic carbocycles. The Bertz CT molecular complexity index is 468. The van der Waals surface area contributed by atoms with E-state index in [1.807, 2.05) is 24.3 Å². The first kappa shape index (κ1) is 11.0. The summed E-state index contributed by atoms with van der Waals surface area (Å²) in [6.07, 6.45) is 0.912. The monoisotopic (exact) mass is 236 g/mol. The summed E-state index contributed by atoms with van der Waals surface area (Å²) in [4.78, 5) is 4.13. The summed E-state index contributed by atoms with van der Waals surface area (Å²) in [6.45, 7) is 2.68. The predicted molar refractivity (Wildman–Crippen MR) is 64.7 cm³/mol. The zero-order valence-electron chi connectivity index (χ0n) is 9.03. The first-order valence-corrected chi connectivity index (χ1v) is 5.59. The highest BCUT2D eigenvalue weighted by Crippen LogP contribution is 2.12. The number of hydrogen-bond acceptors (Lipinski definition) is 3. The fourth-order valence-corrected chi connectivity index (χ4v) is 1.56. The number of nitrogens with zero attached hydrogens (tertiary/aromatic N) is 1. The lowest BCUT2D eigenvalue weighted by Crippen LogP contribution is -1.99. The van der Waals surface area contributed by atoms with Crippen molar-refractivity contribution in [1.29, 1.82) is 0 Å².